The number of ether oxygens (including phenoxy) is 1. The molecule has 0 aliphatic rings. The van der Waals surface area contributed by atoms with Gasteiger partial charge in [0, 0.05) is 11.4 Å². The average molecular weight is 219 g/mol. The van der Waals surface area contributed by atoms with E-state index >= 15 is 0 Å². The lowest BCUT2D eigenvalue weighted by Crippen LogP contribution is -2.01. The zero-order valence-electron chi connectivity index (χ0n) is 5.75. The normalized spacial score (nSPS) is 9.55. The van der Waals surface area contributed by atoms with Gasteiger partial charge in [-0.1, -0.05) is 15.9 Å². The largest absolute Gasteiger partial charge is 0.492 e. The molecular formula is C7H7BrO3. The van der Waals surface area contributed by atoms with Gasteiger partial charge in [0.1, 0.15) is 5.75 Å². The van der Waals surface area contributed by atoms with Gasteiger partial charge < -0.3 is 9.15 Å². The number of hydrogen-bond donors (Lipinski definition) is 0. The van der Waals surface area contributed by atoms with Crippen LogP contribution < -0.4 is 10.4 Å². The minimum absolute atomic E-state index is 0.392. The maximum Gasteiger partial charge on any atom is 0.339 e. The van der Waals surface area contributed by atoms with E-state index in [1.807, 2.05) is 0 Å². The predicted octanol–water partition coefficient (Wildman–Crippen LogP) is 1.41. The molecule has 0 saturated carbocycles. The molecule has 1 rings (SSSR count). The van der Waals surface area contributed by atoms with Gasteiger partial charge in [0.05, 0.1) is 18.9 Å². The Kier molecular flexibility index (Phi) is 3.16. The molecule has 0 unspecified atom stereocenters. The number of rotatable bonds is 3. The Hall–Kier alpha value is -0.770. The van der Waals surface area contributed by atoms with Crippen LogP contribution in [-0.4, -0.2) is 11.9 Å². The lowest BCUT2D eigenvalue weighted by molar-refractivity contribution is 0.338. The van der Waals surface area contributed by atoms with Crippen LogP contribution in [0.2, 0.25) is 0 Å². The molecule has 1 aromatic rings. The summed E-state index contributed by atoms with van der Waals surface area (Å²) in [5.74, 6) is 0.542. The summed E-state index contributed by atoms with van der Waals surface area (Å²) in [6.45, 7) is 0.545. The number of alkyl halides is 1. The summed E-state index contributed by atoms with van der Waals surface area (Å²) in [6, 6.07) is 2.91. The first-order valence-corrected chi connectivity index (χ1v) is 4.22. The highest BCUT2D eigenvalue weighted by Gasteiger charge is 1.92. The predicted molar refractivity (Wildman–Crippen MR) is 44.3 cm³/mol. The summed E-state index contributed by atoms with van der Waals surface area (Å²) in [5.41, 5.74) is -0.392. The minimum atomic E-state index is -0.392. The van der Waals surface area contributed by atoms with E-state index in [4.69, 9.17) is 4.74 Å². The van der Waals surface area contributed by atoms with E-state index in [1.165, 1.54) is 12.3 Å². The van der Waals surface area contributed by atoms with E-state index in [-0.39, 0.29) is 0 Å². The summed E-state index contributed by atoms with van der Waals surface area (Å²) in [7, 11) is 0. The van der Waals surface area contributed by atoms with Crippen LogP contribution in [0.15, 0.2) is 27.6 Å². The first-order chi connectivity index (χ1) is 5.33. The van der Waals surface area contributed by atoms with Crippen molar-refractivity contribution >= 4 is 15.9 Å². The fraction of sp³-hybridized carbons (Fsp3) is 0.286. The Morgan fingerprint density at radius 1 is 1.64 bits per heavy atom. The van der Waals surface area contributed by atoms with Crippen LogP contribution in [0.5, 0.6) is 5.75 Å². The first kappa shape index (κ1) is 8.33. The first-order valence-electron chi connectivity index (χ1n) is 3.10. The van der Waals surface area contributed by atoms with Crippen molar-refractivity contribution in [3.05, 3.63) is 28.8 Å². The van der Waals surface area contributed by atoms with E-state index in [0.29, 0.717) is 12.4 Å². The van der Waals surface area contributed by atoms with Crippen molar-refractivity contribution in [1.82, 2.24) is 0 Å². The molecule has 0 aromatic carbocycles. The van der Waals surface area contributed by atoms with Gasteiger partial charge in [0.25, 0.3) is 0 Å². The lowest BCUT2D eigenvalue weighted by Gasteiger charge is -2.00. The van der Waals surface area contributed by atoms with Gasteiger partial charge in [-0.2, -0.15) is 0 Å². The van der Waals surface area contributed by atoms with Gasteiger partial charge >= 0.3 is 5.63 Å². The quantitative estimate of drug-likeness (QED) is 0.721. The standard InChI is InChI=1S/C7H7BrO3/c8-2-4-10-6-1-3-11-7(9)5-6/h1,3,5H,2,4H2. The van der Waals surface area contributed by atoms with Crippen molar-refractivity contribution in [1.29, 1.82) is 0 Å². The van der Waals surface area contributed by atoms with Crippen LogP contribution in [-0.2, 0) is 0 Å². The Bertz CT molecular complexity index is 268. The van der Waals surface area contributed by atoms with Crippen molar-refractivity contribution in [3.8, 4) is 5.75 Å². The van der Waals surface area contributed by atoms with Crippen LogP contribution in [0.3, 0.4) is 0 Å². The molecule has 0 aliphatic carbocycles. The maximum absolute atomic E-state index is 10.6. The SMILES string of the molecule is O=c1cc(OCCBr)cco1. The van der Waals surface area contributed by atoms with Gasteiger partial charge in [-0.15, -0.1) is 0 Å². The molecule has 0 spiro atoms. The Morgan fingerprint density at radius 2 is 2.45 bits per heavy atom. The highest BCUT2D eigenvalue weighted by Crippen LogP contribution is 2.04. The monoisotopic (exact) mass is 218 g/mol. The molecule has 4 heteroatoms. The summed E-state index contributed by atoms with van der Waals surface area (Å²) in [5, 5.41) is 0.743. The smallest absolute Gasteiger partial charge is 0.339 e. The van der Waals surface area contributed by atoms with Crippen LogP contribution >= 0.6 is 15.9 Å². The lowest BCUT2D eigenvalue weighted by atomic mass is 10.5. The zero-order chi connectivity index (χ0) is 8.10. The molecule has 1 heterocycles. The Morgan fingerprint density at radius 3 is 3.09 bits per heavy atom. The minimum Gasteiger partial charge on any atom is -0.492 e. The second kappa shape index (κ2) is 4.18. The highest BCUT2D eigenvalue weighted by atomic mass is 79.9. The topological polar surface area (TPSA) is 39.4 Å². The van der Waals surface area contributed by atoms with E-state index in [9.17, 15) is 4.79 Å². The zero-order valence-corrected chi connectivity index (χ0v) is 7.33. The fourth-order valence-corrected chi connectivity index (χ4v) is 0.775. The molecule has 0 radical (unpaired) electrons. The molecule has 1 aromatic heterocycles. The molecular weight excluding hydrogens is 212 g/mol. The van der Waals surface area contributed by atoms with Crippen LogP contribution in [0.25, 0.3) is 0 Å². The molecule has 0 aliphatic heterocycles. The molecule has 0 N–H and O–H groups in total. The maximum atomic E-state index is 10.6. The van der Waals surface area contributed by atoms with Gasteiger partial charge in [0.2, 0.25) is 0 Å². The third kappa shape index (κ3) is 2.76. The van der Waals surface area contributed by atoms with E-state index in [2.05, 4.69) is 20.3 Å². The summed E-state index contributed by atoms with van der Waals surface area (Å²) < 4.78 is 9.63. The van der Waals surface area contributed by atoms with Crippen molar-refractivity contribution in [2.75, 3.05) is 11.9 Å². The van der Waals surface area contributed by atoms with Gasteiger partial charge in [-0.05, 0) is 0 Å². The second-order valence-corrected chi connectivity index (χ2v) is 2.62. The van der Waals surface area contributed by atoms with E-state index in [1.54, 1.807) is 6.07 Å². The third-order valence-electron chi connectivity index (χ3n) is 1.02. The molecule has 0 fully saturated rings. The molecule has 11 heavy (non-hydrogen) atoms. The highest BCUT2D eigenvalue weighted by molar-refractivity contribution is 9.09. The number of hydrogen-bond acceptors (Lipinski definition) is 3. The summed E-state index contributed by atoms with van der Waals surface area (Å²) >= 11 is 3.20. The van der Waals surface area contributed by atoms with Crippen molar-refractivity contribution < 1.29 is 9.15 Å². The molecule has 0 saturated heterocycles. The van der Waals surface area contributed by atoms with Gasteiger partial charge in [-0.3, -0.25) is 0 Å². The van der Waals surface area contributed by atoms with E-state index in [0.717, 1.165) is 5.33 Å². The van der Waals surface area contributed by atoms with Gasteiger partial charge in [-0.25, -0.2) is 4.79 Å². The molecule has 0 atom stereocenters. The van der Waals surface area contributed by atoms with Crippen molar-refractivity contribution in [3.63, 3.8) is 0 Å². The van der Waals surface area contributed by atoms with Crippen LogP contribution in [0.1, 0.15) is 0 Å². The van der Waals surface area contributed by atoms with Crippen molar-refractivity contribution in [2.24, 2.45) is 0 Å². The van der Waals surface area contributed by atoms with Crippen LogP contribution in [0, 0.1) is 0 Å². The summed E-state index contributed by atoms with van der Waals surface area (Å²) in [6.07, 6.45) is 1.31. The molecule has 3 nitrogen and oxygen atoms in total. The van der Waals surface area contributed by atoms with Crippen LogP contribution in [0.4, 0.5) is 0 Å². The third-order valence-corrected chi connectivity index (χ3v) is 1.35. The fourth-order valence-electron chi connectivity index (χ4n) is 0.613. The Labute approximate surface area is 72.1 Å². The molecule has 60 valence electrons. The average Bonchev–Trinajstić information content (AvgIpc) is 2.01. The molecule has 0 bridgehead atoms. The molecule has 0 amide bonds. The second-order valence-electron chi connectivity index (χ2n) is 1.82. The van der Waals surface area contributed by atoms with E-state index < -0.39 is 5.63 Å². The summed E-state index contributed by atoms with van der Waals surface area (Å²) in [4.78, 5) is 10.6. The Balaban J connectivity index is 2.64. The van der Waals surface area contributed by atoms with Gasteiger partial charge in [0.15, 0.2) is 0 Å². The number of halogens is 1. The van der Waals surface area contributed by atoms with Crippen molar-refractivity contribution in [2.45, 2.75) is 0 Å².